The van der Waals surface area contributed by atoms with E-state index >= 15 is 0 Å². The van der Waals surface area contributed by atoms with Crippen LogP contribution >= 0.6 is 0 Å². The van der Waals surface area contributed by atoms with Crippen molar-refractivity contribution in [1.82, 2.24) is 10.2 Å². The average molecular weight is 242 g/mol. The van der Waals surface area contributed by atoms with Crippen LogP contribution in [0.5, 0.6) is 0 Å². The van der Waals surface area contributed by atoms with E-state index in [0.29, 0.717) is 6.04 Å². The minimum absolute atomic E-state index is 0.571. The number of hydrogen-bond acceptors (Lipinski definition) is 2. The van der Waals surface area contributed by atoms with Crippen LogP contribution in [0.4, 0.5) is 0 Å². The highest BCUT2D eigenvalue weighted by molar-refractivity contribution is 5.69. The second-order valence-corrected chi connectivity index (χ2v) is 5.48. The maximum absolute atomic E-state index is 3.62. The van der Waals surface area contributed by atoms with Gasteiger partial charge in [-0.05, 0) is 49.6 Å². The lowest BCUT2D eigenvalue weighted by Crippen LogP contribution is -2.24. The predicted molar refractivity (Wildman–Crippen MR) is 76.5 cm³/mol. The van der Waals surface area contributed by atoms with Crippen molar-refractivity contribution in [3.05, 3.63) is 41.5 Å². The maximum atomic E-state index is 3.62. The molecule has 1 aromatic rings. The monoisotopic (exact) mass is 242 g/mol. The van der Waals surface area contributed by atoms with E-state index in [1.54, 1.807) is 0 Å². The topological polar surface area (TPSA) is 15.3 Å². The third-order valence-electron chi connectivity index (χ3n) is 4.15. The summed E-state index contributed by atoms with van der Waals surface area (Å²) >= 11 is 0. The Bertz CT molecular complexity index is 444. The van der Waals surface area contributed by atoms with E-state index in [4.69, 9.17) is 0 Å². The number of nitrogens with zero attached hydrogens (tertiary/aromatic N) is 1. The Morgan fingerprint density at radius 2 is 2.17 bits per heavy atom. The Balaban J connectivity index is 1.91. The Labute approximate surface area is 110 Å². The summed E-state index contributed by atoms with van der Waals surface area (Å²) in [4.78, 5) is 2.37. The van der Waals surface area contributed by atoms with Crippen molar-refractivity contribution in [3.63, 3.8) is 0 Å². The lowest BCUT2D eigenvalue weighted by Gasteiger charge is -2.24. The van der Waals surface area contributed by atoms with Gasteiger partial charge in [0.05, 0.1) is 0 Å². The van der Waals surface area contributed by atoms with Crippen LogP contribution in [0, 0.1) is 0 Å². The Hall–Kier alpha value is -1.12. The minimum atomic E-state index is 0.571. The lowest BCUT2D eigenvalue weighted by atomic mass is 9.91. The molecule has 0 spiro atoms. The van der Waals surface area contributed by atoms with Crippen LogP contribution < -0.4 is 5.32 Å². The van der Waals surface area contributed by atoms with Gasteiger partial charge in [-0.1, -0.05) is 30.3 Å². The first-order chi connectivity index (χ1) is 8.84. The molecule has 2 aliphatic rings. The Kier molecular flexibility index (Phi) is 3.48. The first-order valence-electron chi connectivity index (χ1n) is 7.05. The van der Waals surface area contributed by atoms with Crippen LogP contribution in [0.15, 0.2) is 30.3 Å². The molecule has 0 amide bonds. The summed E-state index contributed by atoms with van der Waals surface area (Å²) in [5.74, 6) is 0. The molecule has 1 N–H and O–H groups in total. The molecule has 96 valence electrons. The first kappa shape index (κ1) is 11.9. The molecule has 1 saturated heterocycles. The van der Waals surface area contributed by atoms with E-state index < -0.39 is 0 Å². The van der Waals surface area contributed by atoms with Gasteiger partial charge in [-0.3, -0.25) is 0 Å². The molecule has 2 nitrogen and oxygen atoms in total. The molecule has 1 atom stereocenters. The van der Waals surface area contributed by atoms with Gasteiger partial charge in [0.15, 0.2) is 0 Å². The van der Waals surface area contributed by atoms with Gasteiger partial charge in [0, 0.05) is 19.1 Å². The summed E-state index contributed by atoms with van der Waals surface area (Å²) in [7, 11) is 2.19. The van der Waals surface area contributed by atoms with Crippen molar-refractivity contribution in [2.45, 2.75) is 25.3 Å². The molecule has 1 fully saturated rings. The number of likely N-dealkylation sites (N-methyl/N-ethyl adjacent to an activating group) is 1. The molecule has 1 aromatic carbocycles. The molecule has 0 saturated carbocycles. The quantitative estimate of drug-likeness (QED) is 0.858. The van der Waals surface area contributed by atoms with Crippen LogP contribution in [0.1, 0.15) is 36.4 Å². The molecule has 2 heteroatoms. The van der Waals surface area contributed by atoms with Crippen LogP contribution in [0.25, 0.3) is 5.57 Å². The van der Waals surface area contributed by atoms with Gasteiger partial charge in [-0.15, -0.1) is 0 Å². The van der Waals surface area contributed by atoms with E-state index in [9.17, 15) is 0 Å². The molecular weight excluding hydrogens is 220 g/mol. The third-order valence-corrected chi connectivity index (χ3v) is 4.15. The van der Waals surface area contributed by atoms with Gasteiger partial charge in [0.2, 0.25) is 0 Å². The van der Waals surface area contributed by atoms with E-state index in [-0.39, 0.29) is 0 Å². The molecule has 2 heterocycles. The van der Waals surface area contributed by atoms with Gasteiger partial charge in [-0.25, -0.2) is 0 Å². The molecule has 0 radical (unpaired) electrons. The molecular formula is C16H22N2. The molecule has 0 unspecified atom stereocenters. The van der Waals surface area contributed by atoms with Crippen molar-refractivity contribution < 1.29 is 0 Å². The van der Waals surface area contributed by atoms with Gasteiger partial charge >= 0.3 is 0 Å². The van der Waals surface area contributed by atoms with Gasteiger partial charge in [0.1, 0.15) is 0 Å². The van der Waals surface area contributed by atoms with Crippen molar-refractivity contribution >= 4 is 5.57 Å². The summed E-state index contributed by atoms with van der Waals surface area (Å²) in [6.45, 7) is 3.43. The predicted octanol–water partition coefficient (Wildman–Crippen LogP) is 2.83. The fourth-order valence-corrected chi connectivity index (χ4v) is 3.06. The van der Waals surface area contributed by atoms with Crippen molar-refractivity contribution in [3.8, 4) is 0 Å². The van der Waals surface area contributed by atoms with E-state index in [1.165, 1.54) is 49.1 Å². The number of hydrogen-bond donors (Lipinski definition) is 1. The number of rotatable bonds is 2. The van der Waals surface area contributed by atoms with Crippen LogP contribution in [0.2, 0.25) is 0 Å². The summed E-state index contributed by atoms with van der Waals surface area (Å²) in [5.41, 5.74) is 4.52. The van der Waals surface area contributed by atoms with Crippen molar-refractivity contribution in [2.24, 2.45) is 0 Å². The molecule has 2 aliphatic heterocycles. The largest absolute Gasteiger partial charge is 0.310 e. The zero-order chi connectivity index (χ0) is 12.4. The summed E-state index contributed by atoms with van der Waals surface area (Å²) in [6.07, 6.45) is 6.17. The van der Waals surface area contributed by atoms with Crippen LogP contribution in [-0.4, -0.2) is 31.6 Å². The highest BCUT2D eigenvalue weighted by atomic mass is 15.1. The number of benzene rings is 1. The van der Waals surface area contributed by atoms with E-state index in [2.05, 4.69) is 47.6 Å². The Morgan fingerprint density at radius 3 is 2.89 bits per heavy atom. The normalized spacial score (nSPS) is 25.2. The summed E-state index contributed by atoms with van der Waals surface area (Å²) in [5, 5.41) is 3.62. The summed E-state index contributed by atoms with van der Waals surface area (Å²) < 4.78 is 0. The second-order valence-electron chi connectivity index (χ2n) is 5.48. The lowest BCUT2D eigenvalue weighted by molar-refractivity contribution is 0.370. The fourth-order valence-electron chi connectivity index (χ4n) is 3.06. The second kappa shape index (κ2) is 5.25. The third kappa shape index (κ3) is 2.36. The molecule has 0 bridgehead atoms. The van der Waals surface area contributed by atoms with Crippen LogP contribution in [-0.2, 0) is 0 Å². The highest BCUT2D eigenvalue weighted by Crippen LogP contribution is 2.32. The molecule has 18 heavy (non-hydrogen) atoms. The standard InChI is InChI=1S/C16H22N2/c1-18-11-8-13(9-12-18)14-5-2-3-6-15(14)16-7-4-10-17-16/h2-3,5-6,8,16-17H,4,7,9-12H2,1H3/t16-/m0/s1. The van der Waals surface area contributed by atoms with E-state index in [1.807, 2.05) is 0 Å². The zero-order valence-electron chi connectivity index (χ0n) is 11.2. The fraction of sp³-hybridized carbons (Fsp3) is 0.500. The molecule has 0 aliphatic carbocycles. The van der Waals surface area contributed by atoms with Crippen molar-refractivity contribution in [2.75, 3.05) is 26.7 Å². The molecule has 0 aromatic heterocycles. The van der Waals surface area contributed by atoms with Crippen LogP contribution in [0.3, 0.4) is 0 Å². The smallest absolute Gasteiger partial charge is 0.0326 e. The number of nitrogens with one attached hydrogen (secondary N) is 1. The zero-order valence-corrected chi connectivity index (χ0v) is 11.2. The van der Waals surface area contributed by atoms with Gasteiger partial charge in [-0.2, -0.15) is 0 Å². The minimum Gasteiger partial charge on any atom is -0.310 e. The van der Waals surface area contributed by atoms with Gasteiger partial charge < -0.3 is 10.2 Å². The van der Waals surface area contributed by atoms with Gasteiger partial charge in [0.25, 0.3) is 0 Å². The summed E-state index contributed by atoms with van der Waals surface area (Å²) in [6, 6.07) is 9.52. The first-order valence-corrected chi connectivity index (χ1v) is 7.05. The maximum Gasteiger partial charge on any atom is 0.0326 e. The average Bonchev–Trinajstić information content (AvgIpc) is 2.93. The Morgan fingerprint density at radius 1 is 1.28 bits per heavy atom. The SMILES string of the molecule is CN1CC=C(c2ccccc2[C@@H]2CCCN2)CC1. The molecule has 3 rings (SSSR count). The van der Waals surface area contributed by atoms with Crippen molar-refractivity contribution in [1.29, 1.82) is 0 Å². The highest BCUT2D eigenvalue weighted by Gasteiger charge is 2.21. The van der Waals surface area contributed by atoms with E-state index in [0.717, 1.165) is 6.54 Å².